The number of aromatic nitrogens is 3. The van der Waals surface area contributed by atoms with Crippen LogP contribution in [0.2, 0.25) is 0 Å². The maximum absolute atomic E-state index is 12.1. The molecule has 1 fully saturated rings. The highest BCUT2D eigenvalue weighted by molar-refractivity contribution is 5.81. The Kier molecular flexibility index (Phi) is 5.31. The molecule has 0 spiro atoms. The molecule has 2 aromatic heterocycles. The van der Waals surface area contributed by atoms with Crippen LogP contribution in [0.1, 0.15) is 36.4 Å². The summed E-state index contributed by atoms with van der Waals surface area (Å²) in [5.74, 6) is -0.419. The Morgan fingerprint density at radius 1 is 1.42 bits per heavy atom. The number of H-pyrrole nitrogens is 1. The third kappa shape index (κ3) is 3.58. The molecule has 3 heterocycles. The molecule has 0 unspecified atom stereocenters. The van der Waals surface area contributed by atoms with Crippen LogP contribution in [0.25, 0.3) is 0 Å². The summed E-state index contributed by atoms with van der Waals surface area (Å²) >= 11 is 0. The van der Waals surface area contributed by atoms with E-state index in [1.54, 1.807) is 6.20 Å². The van der Waals surface area contributed by atoms with E-state index >= 15 is 0 Å². The van der Waals surface area contributed by atoms with Crippen molar-refractivity contribution in [3.63, 3.8) is 0 Å². The molecule has 3 rings (SSSR count). The van der Waals surface area contributed by atoms with Gasteiger partial charge in [-0.05, 0) is 30.9 Å². The lowest BCUT2D eigenvalue weighted by atomic mass is 9.98. The Bertz CT molecular complexity index is 917. The summed E-state index contributed by atoms with van der Waals surface area (Å²) < 4.78 is 1.03. The van der Waals surface area contributed by atoms with Crippen molar-refractivity contribution in [2.24, 2.45) is 5.10 Å². The predicted octanol–water partition coefficient (Wildman–Crippen LogP) is 1.38. The second-order valence-electron chi connectivity index (χ2n) is 6.10. The topological polar surface area (TPSA) is 104 Å². The Morgan fingerprint density at radius 2 is 2.27 bits per heavy atom. The molecule has 0 saturated carbocycles. The molecular weight excluding hydrogens is 334 g/mol. The molecule has 0 radical (unpaired) electrons. The summed E-state index contributed by atoms with van der Waals surface area (Å²) in [6.07, 6.45) is 9.31. The molecular formula is C18H21N5O3. The summed E-state index contributed by atoms with van der Waals surface area (Å²) in [7, 11) is 0. The van der Waals surface area contributed by atoms with Gasteiger partial charge in [-0.15, -0.1) is 6.58 Å². The van der Waals surface area contributed by atoms with E-state index in [4.69, 9.17) is 0 Å². The van der Waals surface area contributed by atoms with Crippen LogP contribution < -0.4 is 11.2 Å². The number of piperidine rings is 1. The van der Waals surface area contributed by atoms with Crippen molar-refractivity contribution < 1.29 is 5.11 Å². The molecule has 2 N–H and O–H groups in total. The molecule has 1 atom stereocenters. The zero-order valence-electron chi connectivity index (χ0n) is 14.3. The number of aromatic hydroxyl groups is 1. The van der Waals surface area contributed by atoms with Gasteiger partial charge in [0, 0.05) is 25.5 Å². The normalized spacial score (nSPS) is 17.5. The second kappa shape index (κ2) is 7.81. The van der Waals surface area contributed by atoms with Crippen LogP contribution in [0, 0.1) is 0 Å². The Morgan fingerprint density at radius 3 is 3.00 bits per heavy atom. The molecule has 1 saturated heterocycles. The van der Waals surface area contributed by atoms with Crippen LogP contribution in [0.15, 0.2) is 51.9 Å². The largest absolute Gasteiger partial charge is 0.494 e. The third-order valence-electron chi connectivity index (χ3n) is 4.40. The van der Waals surface area contributed by atoms with Crippen LogP contribution in [-0.4, -0.2) is 37.4 Å². The Labute approximate surface area is 150 Å². The number of hydrogen-bond acceptors (Lipinski definition) is 6. The summed E-state index contributed by atoms with van der Waals surface area (Å²) in [5.41, 5.74) is -0.358. The zero-order valence-corrected chi connectivity index (χ0v) is 14.3. The molecule has 26 heavy (non-hydrogen) atoms. The van der Waals surface area contributed by atoms with Gasteiger partial charge < -0.3 is 5.11 Å². The summed E-state index contributed by atoms with van der Waals surface area (Å²) in [4.78, 5) is 30.2. The van der Waals surface area contributed by atoms with Gasteiger partial charge in [0.2, 0.25) is 5.88 Å². The monoisotopic (exact) mass is 355 g/mol. The molecule has 0 aliphatic carbocycles. The van der Waals surface area contributed by atoms with Crippen LogP contribution >= 0.6 is 0 Å². The van der Waals surface area contributed by atoms with E-state index in [1.807, 2.05) is 23.3 Å². The van der Waals surface area contributed by atoms with Crippen molar-refractivity contribution in [2.75, 3.05) is 6.54 Å². The van der Waals surface area contributed by atoms with Crippen molar-refractivity contribution in [3.8, 4) is 5.88 Å². The van der Waals surface area contributed by atoms with Crippen LogP contribution in [0.5, 0.6) is 5.88 Å². The number of allylic oxidation sites excluding steroid dienone is 1. The fraction of sp³-hybridized carbons (Fsp3) is 0.333. The smallest absolute Gasteiger partial charge is 0.331 e. The summed E-state index contributed by atoms with van der Waals surface area (Å²) in [6.45, 7) is 4.37. The number of hydrazone groups is 1. The first kappa shape index (κ1) is 17.7. The maximum atomic E-state index is 12.1. The highest BCUT2D eigenvalue weighted by Gasteiger charge is 2.23. The van der Waals surface area contributed by atoms with Crippen LogP contribution in [0.3, 0.4) is 0 Å². The number of hydrogen-bond donors (Lipinski definition) is 2. The minimum absolute atomic E-state index is 0.0537. The number of aromatic amines is 1. The average Bonchev–Trinajstić information content (AvgIpc) is 2.66. The first-order valence-corrected chi connectivity index (χ1v) is 8.49. The number of rotatable bonds is 5. The van der Waals surface area contributed by atoms with Crippen molar-refractivity contribution in [2.45, 2.75) is 31.8 Å². The molecule has 136 valence electrons. The molecule has 1 aliphatic heterocycles. The summed E-state index contributed by atoms with van der Waals surface area (Å²) in [6, 6.07) is 3.95. The molecule has 8 heteroatoms. The van der Waals surface area contributed by atoms with Gasteiger partial charge in [0.05, 0.1) is 12.3 Å². The molecule has 1 aliphatic rings. The van der Waals surface area contributed by atoms with Crippen molar-refractivity contribution in [1.29, 1.82) is 0 Å². The van der Waals surface area contributed by atoms with Gasteiger partial charge >= 0.3 is 5.69 Å². The van der Waals surface area contributed by atoms with E-state index in [-0.39, 0.29) is 18.2 Å². The van der Waals surface area contributed by atoms with E-state index in [1.165, 1.54) is 12.3 Å². The van der Waals surface area contributed by atoms with Crippen molar-refractivity contribution in [1.82, 2.24) is 19.5 Å². The van der Waals surface area contributed by atoms with Crippen LogP contribution in [-0.2, 0) is 6.54 Å². The quantitative estimate of drug-likeness (QED) is 0.623. The van der Waals surface area contributed by atoms with E-state index in [9.17, 15) is 14.7 Å². The van der Waals surface area contributed by atoms with Gasteiger partial charge in [0.15, 0.2) is 0 Å². The van der Waals surface area contributed by atoms with Gasteiger partial charge in [-0.25, -0.2) is 4.79 Å². The third-order valence-corrected chi connectivity index (χ3v) is 4.40. The van der Waals surface area contributed by atoms with Crippen LogP contribution in [0.4, 0.5) is 0 Å². The standard InChI is InChI=1S/C18H21N5O3/c1-2-9-22-17(25)14(16(24)21-18(22)26)12-20-23-10-4-3-7-15(23)13-6-5-8-19-11-13/h2,5-6,8,11-12,15,25H,1,3-4,7,9-10H2,(H,21,24,26)/t15-/m1/s1. The van der Waals surface area contributed by atoms with Gasteiger partial charge in [-0.2, -0.15) is 5.10 Å². The lowest BCUT2D eigenvalue weighted by Gasteiger charge is -2.33. The molecule has 0 amide bonds. The average molecular weight is 355 g/mol. The molecule has 8 nitrogen and oxygen atoms in total. The van der Waals surface area contributed by atoms with E-state index in [2.05, 4.69) is 21.6 Å². The first-order chi connectivity index (χ1) is 12.6. The lowest BCUT2D eigenvalue weighted by Crippen LogP contribution is -2.33. The fourth-order valence-electron chi connectivity index (χ4n) is 3.09. The maximum Gasteiger partial charge on any atom is 0.331 e. The van der Waals surface area contributed by atoms with E-state index in [0.29, 0.717) is 0 Å². The lowest BCUT2D eigenvalue weighted by molar-refractivity contribution is 0.156. The minimum Gasteiger partial charge on any atom is -0.494 e. The number of nitrogens with zero attached hydrogens (tertiary/aromatic N) is 4. The zero-order chi connectivity index (χ0) is 18.5. The molecule has 2 aromatic rings. The van der Waals surface area contributed by atoms with Crippen molar-refractivity contribution in [3.05, 3.63) is 69.1 Å². The molecule has 0 bridgehead atoms. The SMILES string of the molecule is C=CCn1c(O)c(C=NN2CCCC[C@@H]2c2cccnc2)c(=O)[nH]c1=O. The second-order valence-corrected chi connectivity index (χ2v) is 6.10. The number of nitrogens with one attached hydrogen (secondary N) is 1. The van der Waals surface area contributed by atoms with E-state index in [0.717, 1.165) is 35.9 Å². The van der Waals surface area contributed by atoms with Crippen molar-refractivity contribution >= 4 is 6.21 Å². The first-order valence-electron chi connectivity index (χ1n) is 8.49. The highest BCUT2D eigenvalue weighted by Crippen LogP contribution is 2.30. The number of pyridine rings is 1. The van der Waals surface area contributed by atoms with Gasteiger partial charge in [0.1, 0.15) is 5.56 Å². The van der Waals surface area contributed by atoms with Gasteiger partial charge in [-0.1, -0.05) is 12.1 Å². The van der Waals surface area contributed by atoms with E-state index < -0.39 is 17.1 Å². The molecule has 0 aromatic carbocycles. The summed E-state index contributed by atoms with van der Waals surface area (Å²) in [5, 5.41) is 16.6. The van der Waals surface area contributed by atoms with Gasteiger partial charge in [-0.3, -0.25) is 24.3 Å². The minimum atomic E-state index is -0.684. The Balaban J connectivity index is 1.93. The predicted molar refractivity (Wildman–Crippen MR) is 98.3 cm³/mol. The fourth-order valence-corrected chi connectivity index (χ4v) is 3.09. The Hall–Kier alpha value is -3.16. The van der Waals surface area contributed by atoms with Gasteiger partial charge in [0.25, 0.3) is 5.56 Å². The highest BCUT2D eigenvalue weighted by atomic mass is 16.3.